The summed E-state index contributed by atoms with van der Waals surface area (Å²) in [6, 6.07) is 8.15. The molecule has 3 nitrogen and oxygen atoms in total. The molecule has 0 saturated carbocycles. The summed E-state index contributed by atoms with van der Waals surface area (Å²) in [7, 11) is 0. The Kier molecular flexibility index (Phi) is 7.23. The summed E-state index contributed by atoms with van der Waals surface area (Å²) < 4.78 is 5.66. The standard InChI is InChI=1S/C14H24N2O/c1-3-5-11-17-14-8-6-7-13(12-14)16-10-9-15-4-2/h6-8,12,15-16H,3-5,9-11H2,1-2H3. The Labute approximate surface area is 105 Å². The quantitative estimate of drug-likeness (QED) is 0.647. The molecule has 2 N–H and O–H groups in total. The number of hydrogen-bond acceptors (Lipinski definition) is 3. The lowest BCUT2D eigenvalue weighted by atomic mass is 10.3. The highest BCUT2D eigenvalue weighted by Gasteiger charge is 1.96. The summed E-state index contributed by atoms with van der Waals surface area (Å²) in [6.07, 6.45) is 2.28. The molecule has 0 fully saturated rings. The zero-order chi connectivity index (χ0) is 12.3. The molecule has 0 atom stereocenters. The smallest absolute Gasteiger partial charge is 0.121 e. The minimum Gasteiger partial charge on any atom is -0.494 e. The van der Waals surface area contributed by atoms with Crippen molar-refractivity contribution in [2.75, 3.05) is 31.6 Å². The van der Waals surface area contributed by atoms with E-state index in [-0.39, 0.29) is 0 Å². The molecule has 17 heavy (non-hydrogen) atoms. The van der Waals surface area contributed by atoms with Crippen LogP contribution in [0.3, 0.4) is 0 Å². The SMILES string of the molecule is CCCCOc1cccc(NCCNCC)c1. The zero-order valence-corrected chi connectivity index (χ0v) is 11.0. The fourth-order valence-corrected chi connectivity index (χ4v) is 1.50. The maximum atomic E-state index is 5.66. The Morgan fingerprint density at radius 1 is 1.18 bits per heavy atom. The van der Waals surface area contributed by atoms with Crippen molar-refractivity contribution in [2.45, 2.75) is 26.7 Å². The first-order chi connectivity index (χ1) is 8.36. The van der Waals surface area contributed by atoms with Crippen molar-refractivity contribution >= 4 is 5.69 Å². The number of rotatable bonds is 9. The van der Waals surface area contributed by atoms with E-state index in [1.54, 1.807) is 0 Å². The maximum absolute atomic E-state index is 5.66. The third-order valence-electron chi connectivity index (χ3n) is 2.48. The molecule has 0 aliphatic heterocycles. The van der Waals surface area contributed by atoms with Crippen LogP contribution in [-0.2, 0) is 0 Å². The number of nitrogens with one attached hydrogen (secondary N) is 2. The van der Waals surface area contributed by atoms with Crippen LogP contribution in [0.4, 0.5) is 5.69 Å². The molecule has 0 radical (unpaired) electrons. The van der Waals surface area contributed by atoms with Crippen LogP contribution in [0.1, 0.15) is 26.7 Å². The van der Waals surface area contributed by atoms with Gasteiger partial charge in [0.1, 0.15) is 5.75 Å². The molecule has 1 rings (SSSR count). The van der Waals surface area contributed by atoms with Gasteiger partial charge < -0.3 is 15.4 Å². The number of anilines is 1. The maximum Gasteiger partial charge on any atom is 0.121 e. The van der Waals surface area contributed by atoms with E-state index in [0.29, 0.717) is 0 Å². The van der Waals surface area contributed by atoms with Gasteiger partial charge in [-0.3, -0.25) is 0 Å². The molecule has 1 aromatic carbocycles. The van der Waals surface area contributed by atoms with E-state index >= 15 is 0 Å². The van der Waals surface area contributed by atoms with Crippen LogP contribution in [-0.4, -0.2) is 26.2 Å². The van der Waals surface area contributed by atoms with Gasteiger partial charge in [-0.15, -0.1) is 0 Å². The van der Waals surface area contributed by atoms with E-state index < -0.39 is 0 Å². The lowest BCUT2D eigenvalue weighted by molar-refractivity contribution is 0.309. The minimum atomic E-state index is 0.803. The summed E-state index contributed by atoms with van der Waals surface area (Å²) in [5.74, 6) is 0.951. The van der Waals surface area contributed by atoms with Crippen molar-refractivity contribution < 1.29 is 4.74 Å². The minimum absolute atomic E-state index is 0.803. The van der Waals surface area contributed by atoms with E-state index in [4.69, 9.17) is 4.74 Å². The van der Waals surface area contributed by atoms with E-state index in [2.05, 4.69) is 36.6 Å². The van der Waals surface area contributed by atoms with Crippen molar-refractivity contribution in [3.8, 4) is 5.75 Å². The average Bonchev–Trinajstić information content (AvgIpc) is 2.36. The molecular formula is C14H24N2O. The summed E-state index contributed by atoms with van der Waals surface area (Å²) >= 11 is 0. The van der Waals surface area contributed by atoms with Gasteiger partial charge in [0.05, 0.1) is 6.61 Å². The molecule has 0 aliphatic carbocycles. The van der Waals surface area contributed by atoms with Gasteiger partial charge >= 0.3 is 0 Å². The lowest BCUT2D eigenvalue weighted by Crippen LogP contribution is -2.21. The first-order valence-corrected chi connectivity index (χ1v) is 6.54. The van der Waals surface area contributed by atoms with Crippen molar-refractivity contribution in [1.82, 2.24) is 5.32 Å². The Hall–Kier alpha value is -1.22. The number of unbranched alkanes of at least 4 members (excludes halogenated alkanes) is 1. The van der Waals surface area contributed by atoms with E-state index in [0.717, 1.165) is 44.1 Å². The van der Waals surface area contributed by atoms with Gasteiger partial charge in [-0.2, -0.15) is 0 Å². The monoisotopic (exact) mass is 236 g/mol. The van der Waals surface area contributed by atoms with Gasteiger partial charge in [0.2, 0.25) is 0 Å². The molecule has 1 aromatic rings. The fraction of sp³-hybridized carbons (Fsp3) is 0.571. The molecule has 0 bridgehead atoms. The van der Waals surface area contributed by atoms with Crippen LogP contribution in [0, 0.1) is 0 Å². The van der Waals surface area contributed by atoms with Crippen LogP contribution in [0.25, 0.3) is 0 Å². The third kappa shape index (κ3) is 6.17. The molecule has 0 aliphatic rings. The molecular weight excluding hydrogens is 212 g/mol. The summed E-state index contributed by atoms with van der Waals surface area (Å²) in [5.41, 5.74) is 1.12. The summed E-state index contributed by atoms with van der Waals surface area (Å²) in [6.45, 7) is 8.02. The molecule has 0 saturated heterocycles. The topological polar surface area (TPSA) is 33.3 Å². The van der Waals surface area contributed by atoms with Crippen LogP contribution >= 0.6 is 0 Å². The highest BCUT2D eigenvalue weighted by atomic mass is 16.5. The highest BCUT2D eigenvalue weighted by Crippen LogP contribution is 2.17. The summed E-state index contributed by atoms with van der Waals surface area (Å²) in [5, 5.41) is 6.65. The van der Waals surface area contributed by atoms with E-state index in [9.17, 15) is 0 Å². The second-order valence-electron chi connectivity index (χ2n) is 4.01. The normalized spacial score (nSPS) is 10.2. The third-order valence-corrected chi connectivity index (χ3v) is 2.48. The predicted octanol–water partition coefficient (Wildman–Crippen LogP) is 2.89. The van der Waals surface area contributed by atoms with Gasteiger partial charge in [0, 0.05) is 24.8 Å². The van der Waals surface area contributed by atoms with Gasteiger partial charge in [-0.1, -0.05) is 26.3 Å². The van der Waals surface area contributed by atoms with Gasteiger partial charge in [0.25, 0.3) is 0 Å². The second kappa shape index (κ2) is 8.88. The Bertz CT molecular complexity index is 302. The summed E-state index contributed by atoms with van der Waals surface area (Å²) in [4.78, 5) is 0. The molecule has 3 heteroatoms. The lowest BCUT2D eigenvalue weighted by Gasteiger charge is -2.09. The largest absolute Gasteiger partial charge is 0.494 e. The van der Waals surface area contributed by atoms with Crippen molar-refractivity contribution in [2.24, 2.45) is 0 Å². The van der Waals surface area contributed by atoms with Crippen LogP contribution in [0.15, 0.2) is 24.3 Å². The van der Waals surface area contributed by atoms with E-state index in [1.807, 2.05) is 12.1 Å². The van der Waals surface area contributed by atoms with Gasteiger partial charge in [0.15, 0.2) is 0 Å². The number of benzene rings is 1. The van der Waals surface area contributed by atoms with Crippen molar-refractivity contribution in [1.29, 1.82) is 0 Å². The molecule has 96 valence electrons. The number of likely N-dealkylation sites (N-methyl/N-ethyl adjacent to an activating group) is 1. The molecule has 0 aromatic heterocycles. The van der Waals surface area contributed by atoms with E-state index in [1.165, 1.54) is 6.42 Å². The second-order valence-corrected chi connectivity index (χ2v) is 4.01. The van der Waals surface area contributed by atoms with Crippen LogP contribution in [0.5, 0.6) is 5.75 Å². The highest BCUT2D eigenvalue weighted by molar-refractivity contribution is 5.48. The number of hydrogen-bond donors (Lipinski definition) is 2. The first kappa shape index (κ1) is 13.8. The predicted molar refractivity (Wildman–Crippen MR) is 73.9 cm³/mol. The Morgan fingerprint density at radius 3 is 2.82 bits per heavy atom. The zero-order valence-electron chi connectivity index (χ0n) is 11.0. The Morgan fingerprint density at radius 2 is 2.06 bits per heavy atom. The van der Waals surface area contributed by atoms with Gasteiger partial charge in [-0.05, 0) is 25.1 Å². The van der Waals surface area contributed by atoms with Crippen LogP contribution < -0.4 is 15.4 Å². The first-order valence-electron chi connectivity index (χ1n) is 6.54. The molecule has 0 amide bonds. The number of ether oxygens (including phenoxy) is 1. The van der Waals surface area contributed by atoms with Gasteiger partial charge in [-0.25, -0.2) is 0 Å². The fourth-order valence-electron chi connectivity index (χ4n) is 1.50. The van der Waals surface area contributed by atoms with Crippen molar-refractivity contribution in [3.05, 3.63) is 24.3 Å². The van der Waals surface area contributed by atoms with Crippen molar-refractivity contribution in [3.63, 3.8) is 0 Å². The Balaban J connectivity index is 2.31. The molecule has 0 heterocycles. The molecule has 0 spiro atoms. The average molecular weight is 236 g/mol. The molecule has 0 unspecified atom stereocenters. The van der Waals surface area contributed by atoms with Crippen LogP contribution in [0.2, 0.25) is 0 Å².